The molecule has 4 rings (SSSR count). The molecular weight excluding hydrogens is 358 g/mol. The van der Waals surface area contributed by atoms with E-state index >= 15 is 0 Å². The van der Waals surface area contributed by atoms with E-state index in [1.165, 1.54) is 17.8 Å². The number of hydrogen-bond acceptors (Lipinski definition) is 5. The Balaban J connectivity index is 1.42. The summed E-state index contributed by atoms with van der Waals surface area (Å²) in [4.78, 5) is 14.7. The molecule has 2 heterocycles. The first-order valence-corrected chi connectivity index (χ1v) is 9.81. The fourth-order valence-corrected chi connectivity index (χ4v) is 4.61. The van der Waals surface area contributed by atoms with Gasteiger partial charge in [-0.1, -0.05) is 11.6 Å². The van der Waals surface area contributed by atoms with E-state index in [0.717, 1.165) is 30.9 Å². The summed E-state index contributed by atoms with van der Waals surface area (Å²) in [7, 11) is 1.57. The number of hydrogen-bond donors (Lipinski definition) is 0. The van der Waals surface area contributed by atoms with Crippen molar-refractivity contribution in [3.63, 3.8) is 0 Å². The predicted octanol–water partition coefficient (Wildman–Crippen LogP) is 4.10. The highest BCUT2D eigenvalue weighted by Gasteiger charge is 2.31. The van der Waals surface area contributed by atoms with Crippen LogP contribution in [0.2, 0.25) is 5.02 Å². The van der Waals surface area contributed by atoms with Crippen LogP contribution >= 0.6 is 22.9 Å². The molecule has 132 valence electrons. The van der Waals surface area contributed by atoms with Crippen molar-refractivity contribution in [1.29, 1.82) is 0 Å². The molecule has 1 aromatic carbocycles. The van der Waals surface area contributed by atoms with E-state index in [1.54, 1.807) is 36.6 Å². The lowest BCUT2D eigenvalue weighted by molar-refractivity contribution is 0.0709. The number of rotatable bonds is 4. The van der Waals surface area contributed by atoms with Gasteiger partial charge >= 0.3 is 0 Å². The number of nitrogens with zero attached hydrogens (tertiary/aromatic N) is 3. The van der Waals surface area contributed by atoms with Gasteiger partial charge in [-0.25, -0.2) is 0 Å². The van der Waals surface area contributed by atoms with E-state index in [4.69, 9.17) is 16.3 Å². The van der Waals surface area contributed by atoms with Gasteiger partial charge in [-0.2, -0.15) is 0 Å². The van der Waals surface area contributed by atoms with Crippen LogP contribution in [0, 0.1) is 0 Å². The van der Waals surface area contributed by atoms with Crippen LogP contribution in [-0.2, 0) is 0 Å². The third-order valence-corrected chi connectivity index (χ3v) is 6.39. The van der Waals surface area contributed by atoms with Gasteiger partial charge in [-0.3, -0.25) is 4.79 Å². The first-order valence-electron chi connectivity index (χ1n) is 8.62. The number of methoxy groups -OCH3 is 1. The predicted molar refractivity (Wildman–Crippen MR) is 97.8 cm³/mol. The largest absolute Gasteiger partial charge is 0.496 e. The van der Waals surface area contributed by atoms with Gasteiger partial charge < -0.3 is 9.64 Å². The zero-order valence-electron chi connectivity index (χ0n) is 14.1. The summed E-state index contributed by atoms with van der Waals surface area (Å²) >= 11 is 7.81. The van der Waals surface area contributed by atoms with E-state index < -0.39 is 0 Å². The fourth-order valence-electron chi connectivity index (χ4n) is 3.25. The summed E-state index contributed by atoms with van der Waals surface area (Å²) in [5.74, 6) is 1.61. The zero-order valence-corrected chi connectivity index (χ0v) is 15.6. The van der Waals surface area contributed by atoms with Crippen LogP contribution in [0.4, 0.5) is 0 Å². The van der Waals surface area contributed by atoms with Crippen molar-refractivity contribution in [2.45, 2.75) is 37.5 Å². The lowest BCUT2D eigenvalue weighted by Gasteiger charge is -2.31. The highest BCUT2D eigenvalue weighted by Crippen LogP contribution is 2.43. The minimum absolute atomic E-state index is 0.0197. The maximum Gasteiger partial charge on any atom is 0.257 e. The fraction of sp³-hybridized carbons (Fsp3) is 0.500. The number of piperidine rings is 1. The van der Waals surface area contributed by atoms with Crippen LogP contribution in [-0.4, -0.2) is 41.2 Å². The summed E-state index contributed by atoms with van der Waals surface area (Å²) in [6.45, 7) is 1.44. The number of carbonyl (C=O) groups excluding carboxylic acids is 1. The van der Waals surface area contributed by atoms with Crippen LogP contribution in [0.5, 0.6) is 5.75 Å². The van der Waals surface area contributed by atoms with E-state index in [1.807, 2.05) is 4.90 Å². The van der Waals surface area contributed by atoms with E-state index in [9.17, 15) is 4.79 Å². The Kier molecular flexibility index (Phi) is 4.65. The van der Waals surface area contributed by atoms with Crippen molar-refractivity contribution >= 4 is 28.8 Å². The molecule has 1 saturated heterocycles. The van der Waals surface area contributed by atoms with E-state index in [0.29, 0.717) is 28.2 Å². The first-order chi connectivity index (χ1) is 12.2. The Hall–Kier alpha value is -1.66. The van der Waals surface area contributed by atoms with Crippen molar-refractivity contribution in [2.75, 3.05) is 20.2 Å². The van der Waals surface area contributed by atoms with Crippen LogP contribution in [0.15, 0.2) is 18.2 Å². The number of carbonyl (C=O) groups is 1. The molecule has 5 nitrogen and oxygen atoms in total. The van der Waals surface area contributed by atoms with Gasteiger partial charge in [0.1, 0.15) is 15.8 Å². The Morgan fingerprint density at radius 3 is 2.40 bits per heavy atom. The highest BCUT2D eigenvalue weighted by molar-refractivity contribution is 7.11. The molecule has 0 atom stereocenters. The molecule has 2 aliphatic rings. The van der Waals surface area contributed by atoms with Gasteiger partial charge in [0.05, 0.1) is 12.7 Å². The summed E-state index contributed by atoms with van der Waals surface area (Å²) in [5.41, 5.74) is 0.528. The van der Waals surface area contributed by atoms with Crippen molar-refractivity contribution in [3.05, 3.63) is 38.8 Å². The molecule has 25 heavy (non-hydrogen) atoms. The number of aromatic nitrogens is 2. The second-order valence-corrected chi connectivity index (χ2v) is 8.14. The van der Waals surface area contributed by atoms with Crippen LogP contribution in [0.25, 0.3) is 0 Å². The van der Waals surface area contributed by atoms with Gasteiger partial charge in [0.2, 0.25) is 0 Å². The molecular formula is C18H20ClN3O2S. The molecule has 7 heteroatoms. The Bertz CT molecular complexity index is 782. The van der Waals surface area contributed by atoms with Crippen LogP contribution in [0.3, 0.4) is 0 Å². The number of amides is 1. The SMILES string of the molecule is COc1ccc(Cl)cc1C(=O)N1CCC(c2nnc(C3CC3)s2)CC1. The number of halogens is 1. The van der Waals surface area contributed by atoms with Crippen molar-refractivity contribution in [2.24, 2.45) is 0 Å². The number of ether oxygens (including phenoxy) is 1. The lowest BCUT2D eigenvalue weighted by atomic mass is 9.97. The second kappa shape index (κ2) is 6.92. The van der Waals surface area contributed by atoms with Gasteiger partial charge in [-0.15, -0.1) is 21.5 Å². The maximum atomic E-state index is 12.8. The third kappa shape index (κ3) is 3.51. The third-order valence-electron chi connectivity index (χ3n) is 4.91. The quantitative estimate of drug-likeness (QED) is 0.805. The van der Waals surface area contributed by atoms with Gasteiger partial charge in [-0.05, 0) is 43.9 Å². The summed E-state index contributed by atoms with van der Waals surface area (Å²) < 4.78 is 5.31. The van der Waals surface area contributed by atoms with Crippen LogP contribution < -0.4 is 4.74 Å². The molecule has 0 bridgehead atoms. The van der Waals surface area contributed by atoms with Gasteiger partial charge in [0, 0.05) is 29.9 Å². The summed E-state index contributed by atoms with van der Waals surface area (Å²) in [6, 6.07) is 5.15. The minimum Gasteiger partial charge on any atom is -0.496 e. The average Bonchev–Trinajstić information content (AvgIpc) is 3.38. The Morgan fingerprint density at radius 1 is 1.16 bits per heavy atom. The van der Waals surface area contributed by atoms with Crippen molar-refractivity contribution in [1.82, 2.24) is 15.1 Å². The molecule has 1 aromatic heterocycles. The summed E-state index contributed by atoms with van der Waals surface area (Å²) in [6.07, 6.45) is 4.36. The molecule has 1 saturated carbocycles. The molecule has 0 radical (unpaired) electrons. The van der Waals surface area contributed by atoms with Gasteiger partial charge in [0.25, 0.3) is 5.91 Å². The lowest BCUT2D eigenvalue weighted by Crippen LogP contribution is -2.38. The molecule has 2 aromatic rings. The Labute approximate surface area is 156 Å². The maximum absolute atomic E-state index is 12.8. The molecule has 0 spiro atoms. The zero-order chi connectivity index (χ0) is 17.4. The minimum atomic E-state index is -0.0197. The van der Waals surface area contributed by atoms with Gasteiger partial charge in [0.15, 0.2) is 0 Å². The monoisotopic (exact) mass is 377 g/mol. The summed E-state index contributed by atoms with van der Waals surface area (Å²) in [5, 5.41) is 11.6. The van der Waals surface area contributed by atoms with E-state index in [-0.39, 0.29) is 5.91 Å². The molecule has 1 aliphatic heterocycles. The van der Waals surface area contributed by atoms with Crippen LogP contribution in [0.1, 0.15) is 57.9 Å². The molecule has 0 unspecified atom stereocenters. The van der Waals surface area contributed by atoms with Crippen molar-refractivity contribution in [3.8, 4) is 5.75 Å². The Morgan fingerprint density at radius 2 is 1.80 bits per heavy atom. The molecule has 2 fully saturated rings. The second-order valence-electron chi connectivity index (χ2n) is 6.66. The highest BCUT2D eigenvalue weighted by atomic mass is 35.5. The van der Waals surface area contributed by atoms with Crippen molar-refractivity contribution < 1.29 is 9.53 Å². The average molecular weight is 378 g/mol. The molecule has 1 aliphatic carbocycles. The van der Waals surface area contributed by atoms with E-state index in [2.05, 4.69) is 10.2 Å². The first kappa shape index (κ1) is 16.8. The number of benzene rings is 1. The standard InChI is InChI=1S/C18H20ClN3O2S/c1-24-15-5-4-13(19)10-14(15)18(23)22-8-6-12(7-9-22)17-21-20-16(25-17)11-2-3-11/h4-5,10-12H,2-3,6-9H2,1H3. The topological polar surface area (TPSA) is 55.3 Å². The normalized spacial score (nSPS) is 18.4. The molecule has 1 amide bonds. The molecule has 0 N–H and O–H groups in total. The smallest absolute Gasteiger partial charge is 0.257 e. The number of likely N-dealkylation sites (tertiary alicyclic amines) is 1.